The van der Waals surface area contributed by atoms with Gasteiger partial charge in [-0.1, -0.05) is 24.3 Å². The number of nitrogens with one attached hydrogen (secondary N) is 2. The number of hydrogen-bond acceptors (Lipinski definition) is 5. The molecule has 0 spiro atoms. The van der Waals surface area contributed by atoms with Gasteiger partial charge >= 0.3 is 0 Å². The van der Waals surface area contributed by atoms with E-state index in [4.69, 9.17) is 0 Å². The van der Waals surface area contributed by atoms with E-state index in [0.29, 0.717) is 22.5 Å². The zero-order valence-corrected chi connectivity index (χ0v) is 15.1. The largest absolute Gasteiger partial charge is 0.340 e. The molecule has 0 saturated heterocycles. The Bertz CT molecular complexity index is 1310. The van der Waals surface area contributed by atoms with Crippen molar-refractivity contribution in [1.82, 2.24) is 29.7 Å². The molecule has 3 aromatic heterocycles. The summed E-state index contributed by atoms with van der Waals surface area (Å²) in [4.78, 5) is 28.0. The Morgan fingerprint density at radius 2 is 1.83 bits per heavy atom. The molecule has 8 nitrogen and oxygen atoms in total. The number of H-pyrrole nitrogens is 1. The van der Waals surface area contributed by atoms with Gasteiger partial charge in [-0.3, -0.25) is 4.79 Å². The zero-order valence-electron chi connectivity index (χ0n) is 15.1. The van der Waals surface area contributed by atoms with E-state index >= 15 is 0 Å². The highest BCUT2D eigenvalue weighted by molar-refractivity contribution is 6.07. The molecular weight excluding hydrogens is 366 g/mol. The van der Waals surface area contributed by atoms with E-state index in [0.717, 1.165) is 16.8 Å². The monoisotopic (exact) mass is 381 g/mol. The molecule has 0 radical (unpaired) electrons. The normalized spacial score (nSPS) is 10.9. The SMILES string of the molecule is O=C(Nc1ncnc2nc[nH]c12)c1cccc(-c2cccc(-n3cccn3)c2)c1. The molecule has 0 atom stereocenters. The first-order valence-electron chi connectivity index (χ1n) is 8.94. The Kier molecular flexibility index (Phi) is 4.06. The predicted octanol–water partition coefficient (Wildman–Crippen LogP) is 3.46. The molecule has 5 rings (SSSR count). The van der Waals surface area contributed by atoms with Crippen molar-refractivity contribution < 1.29 is 4.79 Å². The first kappa shape index (κ1) is 16.8. The maximum Gasteiger partial charge on any atom is 0.256 e. The van der Waals surface area contributed by atoms with Crippen molar-refractivity contribution in [2.45, 2.75) is 0 Å². The average molecular weight is 381 g/mol. The van der Waals surface area contributed by atoms with Gasteiger partial charge in [-0.15, -0.1) is 0 Å². The van der Waals surface area contributed by atoms with E-state index in [2.05, 4.69) is 30.4 Å². The van der Waals surface area contributed by atoms with Crippen LogP contribution < -0.4 is 5.32 Å². The molecule has 3 heterocycles. The van der Waals surface area contributed by atoms with E-state index in [1.807, 2.05) is 54.7 Å². The number of benzene rings is 2. The fourth-order valence-electron chi connectivity index (χ4n) is 3.13. The van der Waals surface area contributed by atoms with E-state index in [9.17, 15) is 4.79 Å². The lowest BCUT2D eigenvalue weighted by Gasteiger charge is -2.09. The number of hydrogen-bond donors (Lipinski definition) is 2. The van der Waals surface area contributed by atoms with Crippen LogP contribution in [0.3, 0.4) is 0 Å². The fraction of sp³-hybridized carbons (Fsp3) is 0. The van der Waals surface area contributed by atoms with Crippen LogP contribution in [0, 0.1) is 0 Å². The average Bonchev–Trinajstić information content (AvgIpc) is 3.46. The summed E-state index contributed by atoms with van der Waals surface area (Å²) >= 11 is 0. The molecule has 0 bridgehead atoms. The van der Waals surface area contributed by atoms with Crippen molar-refractivity contribution in [3.63, 3.8) is 0 Å². The van der Waals surface area contributed by atoms with Gasteiger partial charge in [0.1, 0.15) is 11.8 Å². The summed E-state index contributed by atoms with van der Waals surface area (Å²) in [6.45, 7) is 0. The summed E-state index contributed by atoms with van der Waals surface area (Å²) < 4.78 is 1.80. The maximum absolute atomic E-state index is 12.8. The van der Waals surface area contributed by atoms with Gasteiger partial charge in [-0.2, -0.15) is 5.10 Å². The highest BCUT2D eigenvalue weighted by Crippen LogP contribution is 2.24. The molecule has 0 fully saturated rings. The van der Waals surface area contributed by atoms with Crippen LogP contribution in [0.4, 0.5) is 5.82 Å². The molecule has 0 aliphatic heterocycles. The van der Waals surface area contributed by atoms with Crippen LogP contribution in [-0.2, 0) is 0 Å². The molecular formula is C21H15N7O. The van der Waals surface area contributed by atoms with E-state index in [-0.39, 0.29) is 5.91 Å². The zero-order chi connectivity index (χ0) is 19.6. The third-order valence-corrected chi connectivity index (χ3v) is 4.53. The van der Waals surface area contributed by atoms with E-state index < -0.39 is 0 Å². The Morgan fingerprint density at radius 1 is 0.966 bits per heavy atom. The van der Waals surface area contributed by atoms with Crippen molar-refractivity contribution in [1.29, 1.82) is 0 Å². The molecule has 0 aliphatic rings. The second-order valence-electron chi connectivity index (χ2n) is 6.36. The van der Waals surface area contributed by atoms with Crippen LogP contribution in [-0.4, -0.2) is 35.6 Å². The maximum atomic E-state index is 12.8. The van der Waals surface area contributed by atoms with Gasteiger partial charge in [0.15, 0.2) is 11.5 Å². The Morgan fingerprint density at radius 3 is 2.69 bits per heavy atom. The molecule has 5 aromatic rings. The van der Waals surface area contributed by atoms with E-state index in [1.165, 1.54) is 12.7 Å². The molecule has 1 amide bonds. The van der Waals surface area contributed by atoms with Crippen LogP contribution >= 0.6 is 0 Å². The number of aromatic nitrogens is 6. The lowest BCUT2D eigenvalue weighted by atomic mass is 10.0. The van der Waals surface area contributed by atoms with Crippen LogP contribution in [0.1, 0.15) is 10.4 Å². The number of imidazole rings is 1. The molecule has 8 heteroatoms. The number of anilines is 1. The summed E-state index contributed by atoms with van der Waals surface area (Å²) in [5, 5.41) is 7.09. The Balaban J connectivity index is 1.45. The summed E-state index contributed by atoms with van der Waals surface area (Å²) in [5.74, 6) is 0.133. The second-order valence-corrected chi connectivity index (χ2v) is 6.36. The van der Waals surface area contributed by atoms with Gasteiger partial charge in [-0.25, -0.2) is 19.6 Å². The number of carbonyl (C=O) groups is 1. The van der Waals surface area contributed by atoms with Gasteiger partial charge < -0.3 is 10.3 Å². The van der Waals surface area contributed by atoms with Crippen molar-refractivity contribution in [3.8, 4) is 16.8 Å². The molecule has 140 valence electrons. The molecule has 0 aliphatic carbocycles. The predicted molar refractivity (Wildman–Crippen MR) is 109 cm³/mol. The second kappa shape index (κ2) is 7.01. The smallest absolute Gasteiger partial charge is 0.256 e. The first-order valence-corrected chi connectivity index (χ1v) is 8.94. The van der Waals surface area contributed by atoms with Crippen molar-refractivity contribution in [2.24, 2.45) is 0 Å². The molecule has 2 aromatic carbocycles. The number of nitrogens with zero attached hydrogens (tertiary/aromatic N) is 5. The fourth-order valence-corrected chi connectivity index (χ4v) is 3.13. The first-order chi connectivity index (χ1) is 14.3. The molecule has 29 heavy (non-hydrogen) atoms. The molecule has 0 saturated carbocycles. The summed E-state index contributed by atoms with van der Waals surface area (Å²) in [6, 6.07) is 17.3. The number of aromatic amines is 1. The van der Waals surface area contributed by atoms with Crippen molar-refractivity contribution in [3.05, 3.63) is 85.2 Å². The standard InChI is InChI=1S/C21H15N7O/c29-21(27-20-18-19(23-12-22-18)24-13-25-20)16-6-1-4-14(10-16)15-5-2-7-17(11-15)28-9-3-8-26-28/h1-13H,(H2,22,23,24,25,27,29). The minimum absolute atomic E-state index is 0.260. The van der Waals surface area contributed by atoms with E-state index in [1.54, 1.807) is 16.9 Å². The topological polar surface area (TPSA) is 101 Å². The highest BCUT2D eigenvalue weighted by Gasteiger charge is 2.12. The summed E-state index contributed by atoms with van der Waals surface area (Å²) in [5.41, 5.74) is 4.48. The lowest BCUT2D eigenvalue weighted by Crippen LogP contribution is -2.13. The molecule has 0 unspecified atom stereocenters. The van der Waals surface area contributed by atoms with Crippen LogP contribution in [0.15, 0.2) is 79.6 Å². The number of amides is 1. The van der Waals surface area contributed by atoms with Crippen LogP contribution in [0.5, 0.6) is 0 Å². The van der Waals surface area contributed by atoms with Crippen molar-refractivity contribution in [2.75, 3.05) is 5.32 Å². The molecule has 2 N–H and O–H groups in total. The minimum atomic E-state index is -0.260. The van der Waals surface area contributed by atoms with Gasteiger partial charge in [0.2, 0.25) is 0 Å². The number of carbonyl (C=O) groups excluding carboxylic acids is 1. The number of fused-ring (bicyclic) bond motifs is 1. The summed E-state index contributed by atoms with van der Waals surface area (Å²) in [6.07, 6.45) is 6.51. The summed E-state index contributed by atoms with van der Waals surface area (Å²) in [7, 11) is 0. The minimum Gasteiger partial charge on any atom is -0.340 e. The van der Waals surface area contributed by atoms with Crippen LogP contribution in [0.2, 0.25) is 0 Å². The highest BCUT2D eigenvalue weighted by atomic mass is 16.1. The third-order valence-electron chi connectivity index (χ3n) is 4.53. The van der Waals surface area contributed by atoms with Gasteiger partial charge in [0.05, 0.1) is 12.0 Å². The van der Waals surface area contributed by atoms with Gasteiger partial charge in [-0.05, 0) is 41.5 Å². The Hall–Kier alpha value is -4.33. The quantitative estimate of drug-likeness (QED) is 0.496. The van der Waals surface area contributed by atoms with Crippen LogP contribution in [0.25, 0.3) is 28.0 Å². The van der Waals surface area contributed by atoms with Gasteiger partial charge in [0.25, 0.3) is 5.91 Å². The Labute approximate surface area is 165 Å². The number of rotatable bonds is 4. The van der Waals surface area contributed by atoms with Crippen molar-refractivity contribution >= 4 is 22.9 Å². The lowest BCUT2D eigenvalue weighted by molar-refractivity contribution is 0.102. The third kappa shape index (κ3) is 3.23. The van der Waals surface area contributed by atoms with Gasteiger partial charge in [0, 0.05) is 18.0 Å².